The number of benzene rings is 2. The summed E-state index contributed by atoms with van der Waals surface area (Å²) in [5.41, 5.74) is 6.36. The average Bonchev–Trinajstić information content (AvgIpc) is 3.55. The Morgan fingerprint density at radius 2 is 1.94 bits per heavy atom. The molecule has 0 fully saturated rings. The van der Waals surface area contributed by atoms with Gasteiger partial charge in [0.2, 0.25) is 5.95 Å². The van der Waals surface area contributed by atoms with E-state index < -0.39 is 0 Å². The van der Waals surface area contributed by atoms with E-state index in [1.54, 1.807) is 13.3 Å². The Labute approximate surface area is 191 Å². The zero-order valence-electron chi connectivity index (χ0n) is 18.6. The van der Waals surface area contributed by atoms with Gasteiger partial charge in [-0.05, 0) is 48.5 Å². The van der Waals surface area contributed by atoms with Crippen molar-refractivity contribution in [2.75, 3.05) is 30.7 Å². The number of hydrogen-bond acceptors (Lipinski definition) is 8. The third-order valence-electron chi connectivity index (χ3n) is 6.46. The summed E-state index contributed by atoms with van der Waals surface area (Å²) < 4.78 is 5.40. The van der Waals surface area contributed by atoms with E-state index in [1.807, 2.05) is 29.2 Å². The molecule has 0 atom stereocenters. The molecule has 4 heterocycles. The highest BCUT2D eigenvalue weighted by Crippen LogP contribution is 2.37. The molecule has 2 aromatic heterocycles. The second-order valence-electron chi connectivity index (χ2n) is 8.65. The Morgan fingerprint density at radius 3 is 2.79 bits per heavy atom. The predicted octanol–water partition coefficient (Wildman–Crippen LogP) is 2.92. The lowest BCUT2D eigenvalue weighted by Crippen LogP contribution is -2.24. The van der Waals surface area contributed by atoms with Crippen LogP contribution in [0.3, 0.4) is 0 Å². The first-order valence-corrected chi connectivity index (χ1v) is 10.9. The van der Waals surface area contributed by atoms with Crippen molar-refractivity contribution >= 4 is 28.4 Å². The molecule has 2 aliphatic rings. The molecule has 2 aromatic carbocycles. The number of aromatic nitrogens is 4. The van der Waals surface area contributed by atoms with Crippen LogP contribution in [0.15, 0.2) is 42.6 Å². The minimum atomic E-state index is -0.187. The Hall–Kier alpha value is -3.69. The summed E-state index contributed by atoms with van der Waals surface area (Å²) in [7, 11) is 3.76. The number of methoxy groups -OCH3 is 1. The summed E-state index contributed by atoms with van der Waals surface area (Å²) in [6, 6.07) is 12.1. The number of nitrogens with one attached hydrogen (secondary N) is 1. The van der Waals surface area contributed by atoms with E-state index in [4.69, 9.17) is 14.7 Å². The predicted molar refractivity (Wildman–Crippen MR) is 125 cm³/mol. The number of rotatable bonds is 5. The Balaban J connectivity index is 1.41. The van der Waals surface area contributed by atoms with E-state index in [-0.39, 0.29) is 6.73 Å². The molecule has 9 heteroatoms. The molecule has 0 aliphatic carbocycles. The number of aliphatic hydroxyl groups is 1. The van der Waals surface area contributed by atoms with Crippen molar-refractivity contribution in [1.29, 1.82) is 0 Å². The van der Waals surface area contributed by atoms with Gasteiger partial charge in [-0.1, -0.05) is 6.07 Å². The van der Waals surface area contributed by atoms with Gasteiger partial charge in [-0.3, -0.25) is 10.00 Å². The monoisotopic (exact) mass is 443 g/mol. The van der Waals surface area contributed by atoms with Gasteiger partial charge in [0.1, 0.15) is 18.3 Å². The van der Waals surface area contributed by atoms with Crippen molar-refractivity contribution < 1.29 is 9.84 Å². The standard InChI is InChI=1S/C24H25N7O2/c1-29-12-20-22(13-29)26-24(30-10-15-3-5-19(33-2)8-17(15)11-30)27-23(20)31(14-32)18-4-6-21-16(7-18)9-25-28-21/h3-9,32H,10-14H2,1-2H3,(H,25,28). The van der Waals surface area contributed by atoms with E-state index >= 15 is 0 Å². The number of H-pyrrole nitrogens is 1. The summed E-state index contributed by atoms with van der Waals surface area (Å²) >= 11 is 0. The third kappa shape index (κ3) is 3.37. The SMILES string of the molecule is COc1ccc2c(c1)CN(c1nc3c(c(N(CO)c4ccc5[nH]ncc5c4)n1)CN(C)C3)C2. The van der Waals surface area contributed by atoms with Crippen molar-refractivity contribution in [3.63, 3.8) is 0 Å². The highest BCUT2D eigenvalue weighted by Gasteiger charge is 2.29. The number of aliphatic hydroxyl groups excluding tert-OH is 1. The average molecular weight is 444 g/mol. The largest absolute Gasteiger partial charge is 0.497 e. The maximum absolute atomic E-state index is 10.4. The minimum Gasteiger partial charge on any atom is -0.497 e. The number of fused-ring (bicyclic) bond motifs is 3. The summed E-state index contributed by atoms with van der Waals surface area (Å²) in [6.07, 6.45) is 1.79. The molecular weight excluding hydrogens is 418 g/mol. The lowest BCUT2D eigenvalue weighted by molar-refractivity contribution is 0.303. The smallest absolute Gasteiger partial charge is 0.228 e. The maximum Gasteiger partial charge on any atom is 0.228 e. The number of anilines is 3. The van der Waals surface area contributed by atoms with Gasteiger partial charge in [0.15, 0.2) is 0 Å². The zero-order chi connectivity index (χ0) is 22.5. The van der Waals surface area contributed by atoms with Gasteiger partial charge in [0, 0.05) is 42.8 Å². The van der Waals surface area contributed by atoms with Crippen molar-refractivity contribution in [1.82, 2.24) is 25.1 Å². The Kier molecular flexibility index (Phi) is 4.67. The molecule has 0 spiro atoms. The van der Waals surface area contributed by atoms with Crippen LogP contribution in [0.5, 0.6) is 5.75 Å². The molecule has 6 rings (SSSR count). The summed E-state index contributed by atoms with van der Waals surface area (Å²) in [5, 5.41) is 18.5. The number of nitrogens with zero attached hydrogens (tertiary/aromatic N) is 6. The van der Waals surface area contributed by atoms with Crippen LogP contribution in [0, 0.1) is 0 Å². The van der Waals surface area contributed by atoms with Crippen LogP contribution < -0.4 is 14.5 Å². The molecular formula is C24H25N7O2. The Bertz CT molecular complexity index is 1350. The summed E-state index contributed by atoms with van der Waals surface area (Å²) in [6.45, 7) is 2.78. The molecule has 2 aliphatic heterocycles. The molecule has 33 heavy (non-hydrogen) atoms. The van der Waals surface area contributed by atoms with Crippen LogP contribution in [0.4, 0.5) is 17.5 Å². The van der Waals surface area contributed by atoms with Crippen LogP contribution in [0.2, 0.25) is 0 Å². The fourth-order valence-corrected chi connectivity index (χ4v) is 4.75. The van der Waals surface area contributed by atoms with Crippen LogP contribution in [-0.2, 0) is 26.2 Å². The molecule has 168 valence electrons. The van der Waals surface area contributed by atoms with Gasteiger partial charge in [0.25, 0.3) is 0 Å². The molecule has 0 saturated carbocycles. The van der Waals surface area contributed by atoms with E-state index in [0.29, 0.717) is 5.95 Å². The van der Waals surface area contributed by atoms with E-state index in [9.17, 15) is 5.11 Å². The molecule has 0 unspecified atom stereocenters. The zero-order valence-corrected chi connectivity index (χ0v) is 18.6. The lowest BCUT2D eigenvalue weighted by Gasteiger charge is -2.25. The maximum atomic E-state index is 10.4. The van der Waals surface area contributed by atoms with Gasteiger partial charge >= 0.3 is 0 Å². The second-order valence-corrected chi connectivity index (χ2v) is 8.65. The van der Waals surface area contributed by atoms with Gasteiger partial charge in [0.05, 0.1) is 24.5 Å². The highest BCUT2D eigenvalue weighted by molar-refractivity contribution is 5.83. The van der Waals surface area contributed by atoms with Crippen molar-refractivity contribution in [3.05, 3.63) is 65.0 Å². The van der Waals surface area contributed by atoms with Gasteiger partial charge < -0.3 is 19.6 Å². The number of ether oxygens (including phenoxy) is 1. The fourth-order valence-electron chi connectivity index (χ4n) is 4.75. The molecule has 0 bridgehead atoms. The minimum absolute atomic E-state index is 0.187. The van der Waals surface area contributed by atoms with E-state index in [0.717, 1.165) is 65.6 Å². The number of hydrogen-bond donors (Lipinski definition) is 2. The van der Waals surface area contributed by atoms with Crippen LogP contribution in [0.25, 0.3) is 10.9 Å². The molecule has 0 saturated heterocycles. The molecule has 4 aromatic rings. The van der Waals surface area contributed by atoms with E-state index in [2.05, 4.69) is 39.2 Å². The van der Waals surface area contributed by atoms with E-state index in [1.165, 1.54) is 11.1 Å². The van der Waals surface area contributed by atoms with Gasteiger partial charge in [-0.25, -0.2) is 4.98 Å². The van der Waals surface area contributed by atoms with Crippen molar-refractivity contribution in [3.8, 4) is 5.75 Å². The normalized spacial score (nSPS) is 15.2. The van der Waals surface area contributed by atoms with Crippen LogP contribution in [0.1, 0.15) is 22.4 Å². The number of aromatic amines is 1. The highest BCUT2D eigenvalue weighted by atomic mass is 16.5. The quantitative estimate of drug-likeness (QED) is 0.455. The first-order chi connectivity index (χ1) is 16.1. The van der Waals surface area contributed by atoms with Crippen molar-refractivity contribution in [2.45, 2.75) is 26.2 Å². The topological polar surface area (TPSA) is 93.6 Å². The van der Waals surface area contributed by atoms with Crippen molar-refractivity contribution in [2.24, 2.45) is 0 Å². The summed E-state index contributed by atoms with van der Waals surface area (Å²) in [4.78, 5) is 16.2. The fraction of sp³-hybridized carbons (Fsp3) is 0.292. The van der Waals surface area contributed by atoms with Gasteiger partial charge in [-0.15, -0.1) is 0 Å². The molecule has 0 radical (unpaired) electrons. The third-order valence-corrected chi connectivity index (χ3v) is 6.46. The first kappa shape index (κ1) is 20.0. The Morgan fingerprint density at radius 1 is 1.06 bits per heavy atom. The molecule has 0 amide bonds. The summed E-state index contributed by atoms with van der Waals surface area (Å²) in [5.74, 6) is 2.28. The molecule has 9 nitrogen and oxygen atoms in total. The molecule has 2 N–H and O–H groups in total. The second kappa shape index (κ2) is 7.72. The van der Waals surface area contributed by atoms with Crippen LogP contribution >= 0.6 is 0 Å². The van der Waals surface area contributed by atoms with Gasteiger partial charge in [-0.2, -0.15) is 10.1 Å². The first-order valence-electron chi connectivity index (χ1n) is 10.9. The lowest BCUT2D eigenvalue weighted by atomic mass is 10.1. The van der Waals surface area contributed by atoms with Crippen LogP contribution in [-0.4, -0.2) is 51.1 Å².